The van der Waals surface area contributed by atoms with Gasteiger partial charge in [-0.1, -0.05) is 101 Å². The molecule has 1 aliphatic rings. The zero-order valence-corrected chi connectivity index (χ0v) is 51.6. The van der Waals surface area contributed by atoms with Gasteiger partial charge in [-0.2, -0.15) is 0 Å². The summed E-state index contributed by atoms with van der Waals surface area (Å²) in [5.74, 6) is -9.16. The van der Waals surface area contributed by atoms with Crippen molar-refractivity contribution in [2.45, 2.75) is 120 Å². The fraction of sp³-hybridized carbons (Fsp3) is 0.371. The number of phenols is 2. The van der Waals surface area contributed by atoms with Gasteiger partial charge in [0.25, 0.3) is 5.91 Å². The normalized spacial score (nSPS) is 19.9. The van der Waals surface area contributed by atoms with Gasteiger partial charge in [-0.3, -0.25) is 52.9 Å². The summed E-state index contributed by atoms with van der Waals surface area (Å²) in [5, 5.41) is 56.3. The van der Waals surface area contributed by atoms with E-state index in [2.05, 4.69) is 52.8 Å². The molecule has 0 unspecified atom stereocenters. The third-order valence-corrected chi connectivity index (χ3v) is 17.0. The summed E-state index contributed by atoms with van der Waals surface area (Å²) < 4.78 is 0. The molecule has 9 atom stereocenters. The largest absolute Gasteiger partial charge is 0.508 e. The van der Waals surface area contributed by atoms with E-state index < -0.39 is 113 Å². The van der Waals surface area contributed by atoms with Crippen molar-refractivity contribution in [3.05, 3.63) is 160 Å². The second-order valence-electron chi connectivity index (χ2n) is 21.3. The molecule has 0 bridgehead atoms. The molecule has 89 heavy (non-hydrogen) atoms. The van der Waals surface area contributed by atoms with E-state index in [0.29, 0.717) is 53.1 Å². The van der Waals surface area contributed by atoms with Gasteiger partial charge in [0, 0.05) is 47.6 Å². The van der Waals surface area contributed by atoms with Crippen LogP contribution in [0.15, 0.2) is 121 Å². The first kappa shape index (κ1) is 69.5. The summed E-state index contributed by atoms with van der Waals surface area (Å²) in [6.07, 6.45) is 0.739. The highest BCUT2D eigenvalue weighted by Crippen LogP contribution is 2.25. The molecule has 1 saturated heterocycles. The van der Waals surface area contributed by atoms with Crippen molar-refractivity contribution in [1.82, 2.24) is 52.8 Å². The lowest BCUT2D eigenvalue weighted by atomic mass is 10.00. The van der Waals surface area contributed by atoms with Crippen molar-refractivity contribution in [3.63, 3.8) is 0 Å². The van der Waals surface area contributed by atoms with E-state index in [1.54, 1.807) is 55.6 Å². The van der Waals surface area contributed by atoms with Gasteiger partial charge in [0.2, 0.25) is 47.3 Å². The molecule has 0 spiro atoms. The lowest BCUT2D eigenvalue weighted by Crippen LogP contribution is -2.62. The minimum absolute atomic E-state index is 0.00417. The Bertz CT molecular complexity index is 3240. The van der Waals surface area contributed by atoms with Crippen LogP contribution < -0.4 is 53.6 Å². The monoisotopic (exact) mass is 1280 g/mol. The summed E-state index contributed by atoms with van der Waals surface area (Å²) in [6, 6.07) is 16.8. The van der Waals surface area contributed by atoms with E-state index in [-0.39, 0.29) is 66.4 Å². The Morgan fingerprint density at radius 2 is 1.18 bits per heavy atom. The number of rotatable bonds is 23. The quantitative estimate of drug-likeness (QED) is 0.0328. The third-order valence-electron chi connectivity index (χ3n) is 14.3. The number of phenolic OH excluding ortho intramolecular Hbond substituents is 2. The second kappa shape index (κ2) is 34.8. The van der Waals surface area contributed by atoms with E-state index in [1.807, 2.05) is 0 Å². The van der Waals surface area contributed by atoms with Crippen molar-refractivity contribution in [2.75, 3.05) is 25.1 Å². The maximum atomic E-state index is 15.1. The number of aromatic hydroxyl groups is 2. The fourth-order valence-electron chi connectivity index (χ4n) is 9.26. The lowest BCUT2D eigenvalue weighted by Gasteiger charge is -2.29. The number of nitrogens with zero attached hydrogens (tertiary/aromatic N) is 1. The average Bonchev–Trinajstić information content (AvgIpc) is 3.63. The van der Waals surface area contributed by atoms with Crippen molar-refractivity contribution < 1.29 is 63.3 Å². The predicted octanol–water partition coefficient (Wildman–Crippen LogP) is 1.85. The molecule has 0 radical (unpaired) electrons. The molecule has 14 N–H and O–H groups in total. The number of benzene rings is 4. The van der Waals surface area contributed by atoms with Crippen LogP contribution in [-0.2, 0) is 64.0 Å². The average molecular weight is 1280 g/mol. The van der Waals surface area contributed by atoms with Gasteiger partial charge < -0.3 is 68.9 Å². The first-order chi connectivity index (χ1) is 42.6. The Hall–Kier alpha value is -8.56. The molecule has 6 rings (SSSR count). The predicted molar refractivity (Wildman–Crippen MR) is 336 cm³/mol. The molecule has 5 aromatic rings. The molecule has 1 fully saturated rings. The van der Waals surface area contributed by atoms with Crippen LogP contribution in [0.5, 0.6) is 11.5 Å². The van der Waals surface area contributed by atoms with E-state index >= 15 is 9.59 Å². The molecular weight excluding hydrogens is 1210 g/mol. The highest BCUT2D eigenvalue weighted by Gasteiger charge is 2.37. The van der Waals surface area contributed by atoms with Gasteiger partial charge in [0.05, 0.1) is 12.1 Å². The van der Waals surface area contributed by atoms with Gasteiger partial charge in [0.1, 0.15) is 59.5 Å². The number of aliphatic hydroxyl groups excluding tert-OH is 1. The fourth-order valence-corrected chi connectivity index (χ4v) is 11.7. The molecule has 1 aliphatic heterocycles. The van der Waals surface area contributed by atoms with Crippen molar-refractivity contribution >= 4 is 92.1 Å². The van der Waals surface area contributed by atoms with E-state index in [9.17, 15) is 53.7 Å². The van der Waals surface area contributed by atoms with Crippen LogP contribution in [0.2, 0.25) is 5.02 Å². The molecule has 27 heteroatoms. The Morgan fingerprint density at radius 1 is 0.640 bits per heavy atom. The summed E-state index contributed by atoms with van der Waals surface area (Å²) in [4.78, 5) is 146. The summed E-state index contributed by atoms with van der Waals surface area (Å²) in [7, 11) is 3.66. The number of carbonyl (C=O) groups is 10. The van der Waals surface area contributed by atoms with Gasteiger partial charge >= 0.3 is 0 Å². The van der Waals surface area contributed by atoms with Crippen molar-refractivity contribution in [3.8, 4) is 11.5 Å². The number of nitrogens with one attached hydrogen (secondary N) is 9. The van der Waals surface area contributed by atoms with Gasteiger partial charge in [-0.25, -0.2) is 0 Å². The smallest absolute Gasteiger partial charge is 0.270 e. The second-order valence-corrected chi connectivity index (χ2v) is 24.3. The summed E-state index contributed by atoms with van der Waals surface area (Å²) in [5.41, 5.74) is 7.61. The number of nitrogens with two attached hydrogens (primary N) is 1. The van der Waals surface area contributed by atoms with E-state index in [1.165, 1.54) is 86.8 Å². The van der Waals surface area contributed by atoms with E-state index in [4.69, 9.17) is 17.3 Å². The number of unbranched alkanes of at least 4 members (excludes halogenated alkanes) is 2. The molecule has 1 aromatic heterocycles. The molecule has 9 amide bonds. The topological polar surface area (TPSA) is 379 Å². The van der Waals surface area contributed by atoms with E-state index in [0.717, 1.165) is 21.6 Å². The van der Waals surface area contributed by atoms with Crippen LogP contribution in [0, 0.1) is 0 Å². The van der Waals surface area contributed by atoms with Crippen LogP contribution in [0.1, 0.15) is 82.6 Å². The van der Waals surface area contributed by atoms with Crippen LogP contribution in [0.25, 0.3) is 0 Å². The molecular formula is C62H74ClN11O13S2. The van der Waals surface area contributed by atoms with Crippen molar-refractivity contribution in [2.24, 2.45) is 5.73 Å². The molecule has 0 aliphatic carbocycles. The zero-order chi connectivity index (χ0) is 64.6. The van der Waals surface area contributed by atoms with Crippen LogP contribution in [0.4, 0.5) is 0 Å². The lowest BCUT2D eigenvalue weighted by molar-refractivity contribution is -0.136. The first-order valence-corrected chi connectivity index (χ1v) is 31.5. The number of pyridine rings is 1. The number of hydrogen-bond acceptors (Lipinski definition) is 17. The van der Waals surface area contributed by atoms with Crippen LogP contribution in [0.3, 0.4) is 0 Å². The SMILES string of the molecule is CNCCCCC[C@@H]1NC(=O)[C@@H](Cc2ccc(C(N)=O)cc2)NC(=O)[C@H](Cc2ccc(O)cc2)NC(=O)[C@H](NC(=O)[C@H](Cc2ccc(Cl)cc2)NC(=O)c2ccccn2)CSSC[C@@H](C(=O)N[C@H](Cc2ccc(O)cc2)C(C)=O)NC(=O)[C@H]([C@@H](C)O)NC1=O. The molecule has 474 valence electrons. The van der Waals surface area contributed by atoms with Gasteiger partial charge in [0.15, 0.2) is 5.78 Å². The van der Waals surface area contributed by atoms with Gasteiger partial charge in [-0.05, 0) is 130 Å². The Balaban J connectivity index is 1.44. The Morgan fingerprint density at radius 3 is 1.74 bits per heavy atom. The van der Waals surface area contributed by atoms with Crippen LogP contribution >= 0.6 is 33.2 Å². The number of amides is 9. The minimum atomic E-state index is -1.76. The van der Waals surface area contributed by atoms with Crippen LogP contribution in [-0.4, -0.2) is 159 Å². The Kier molecular flexibility index (Phi) is 27.2. The first-order valence-electron chi connectivity index (χ1n) is 28.7. The maximum absolute atomic E-state index is 15.1. The molecule has 2 heterocycles. The van der Waals surface area contributed by atoms with Gasteiger partial charge in [-0.15, -0.1) is 0 Å². The number of hydrogen-bond donors (Lipinski definition) is 13. The number of halogens is 1. The number of carbonyl (C=O) groups excluding carboxylic acids is 10. The molecule has 0 saturated carbocycles. The summed E-state index contributed by atoms with van der Waals surface area (Å²) >= 11 is 6.20. The highest BCUT2D eigenvalue weighted by molar-refractivity contribution is 8.76. The standard InChI is InChI=1S/C62H74ClN11O13S2/c1-35(75)47(29-39-15-23-43(77)24-16-39)68-60(85)52-34-89-88-33-51(72-59(84)50(31-38-13-21-42(63)22-14-38)69-55(80)45-9-6-8-28-66-45)61(86)71-49(32-40-17-25-44(78)26-18-40)58(83)70-48(30-37-11-19-41(20-12-37)54(64)79)57(82)67-46(10-5-4-7-27-65-3)56(81)74-53(36(2)76)62(87)73-52/h6,8-9,11-26,28,36,46-53,65,76-78H,4-5,7,10,27,29-34H2,1-3H3,(H2,64,79)(H,67,82)(H,68,85)(H,69,80)(H,70,83)(H,71,86)(H,72,84)(H,73,87)(H,74,81)/t36-,46+,47-,48-,49+,50+,51-,52+,53+/m1/s1. The Labute approximate surface area is 527 Å². The number of primary amides is 1. The zero-order valence-electron chi connectivity index (χ0n) is 49.2. The number of aromatic nitrogens is 1. The van der Waals surface area contributed by atoms with Crippen molar-refractivity contribution in [1.29, 1.82) is 0 Å². The number of ketones is 1. The number of Topliss-reactive ketones (excluding diaryl/α,β-unsaturated/α-hetero) is 1. The molecule has 4 aromatic carbocycles. The minimum Gasteiger partial charge on any atom is -0.508 e. The molecule has 24 nitrogen and oxygen atoms in total. The number of aliphatic hydroxyl groups is 1. The highest BCUT2D eigenvalue weighted by atomic mass is 35.5. The summed E-state index contributed by atoms with van der Waals surface area (Å²) in [6.45, 7) is 3.12. The third kappa shape index (κ3) is 22.5. The maximum Gasteiger partial charge on any atom is 0.270 e.